The van der Waals surface area contributed by atoms with Crippen LogP contribution in [0.2, 0.25) is 5.02 Å². The SMILES string of the molecule is C[N+]1(CCCSc2ccccc2Cl)CC[C@@H](C(C(=N)[O-])(c2ccccc2)c2ccccc2)C1. The molecular weight excluding hydrogens is 448 g/mol. The minimum atomic E-state index is -0.926. The average molecular weight is 479 g/mol. The Hall–Kier alpha value is -2.27. The van der Waals surface area contributed by atoms with E-state index in [-0.39, 0.29) is 5.92 Å². The molecule has 3 aromatic rings. The second-order valence-electron chi connectivity index (χ2n) is 9.24. The number of benzene rings is 3. The number of nitrogens with zero attached hydrogens (tertiary/aromatic N) is 1. The van der Waals surface area contributed by atoms with Gasteiger partial charge in [-0.05, 0) is 29.2 Å². The van der Waals surface area contributed by atoms with Crippen LogP contribution in [0.4, 0.5) is 0 Å². The maximum Gasteiger partial charge on any atom is 0.0830 e. The molecule has 0 aromatic heterocycles. The van der Waals surface area contributed by atoms with Crippen molar-refractivity contribution < 1.29 is 9.59 Å². The summed E-state index contributed by atoms with van der Waals surface area (Å²) in [5, 5.41) is 22.4. The molecular formula is C28H31ClN2OS. The Morgan fingerprint density at radius 1 is 1.00 bits per heavy atom. The van der Waals surface area contributed by atoms with Crippen molar-refractivity contribution in [3.8, 4) is 0 Å². The van der Waals surface area contributed by atoms with Crippen LogP contribution in [0.1, 0.15) is 24.0 Å². The topological polar surface area (TPSA) is 46.9 Å². The number of likely N-dealkylation sites (tertiary alicyclic amines) is 1. The monoisotopic (exact) mass is 478 g/mol. The number of halogens is 1. The van der Waals surface area contributed by atoms with Gasteiger partial charge < -0.3 is 15.0 Å². The summed E-state index contributed by atoms with van der Waals surface area (Å²) in [4.78, 5) is 1.13. The van der Waals surface area contributed by atoms with E-state index in [0.717, 1.165) is 63.8 Å². The number of thioether (sulfide) groups is 1. The van der Waals surface area contributed by atoms with Gasteiger partial charge in [0.2, 0.25) is 0 Å². The first-order valence-corrected chi connectivity index (χ1v) is 12.9. The van der Waals surface area contributed by atoms with E-state index in [4.69, 9.17) is 17.0 Å². The van der Waals surface area contributed by atoms with Crippen LogP contribution in [0.25, 0.3) is 0 Å². The van der Waals surface area contributed by atoms with Gasteiger partial charge in [-0.1, -0.05) is 84.4 Å². The van der Waals surface area contributed by atoms with Gasteiger partial charge in [0, 0.05) is 29.4 Å². The van der Waals surface area contributed by atoms with Gasteiger partial charge in [0.15, 0.2) is 0 Å². The van der Waals surface area contributed by atoms with Gasteiger partial charge in [-0.3, -0.25) is 0 Å². The highest BCUT2D eigenvalue weighted by Crippen LogP contribution is 2.45. The van der Waals surface area contributed by atoms with Gasteiger partial charge in [-0.25, -0.2) is 0 Å². The second kappa shape index (κ2) is 10.3. The molecule has 0 saturated carbocycles. The first-order valence-electron chi connectivity index (χ1n) is 11.5. The smallest absolute Gasteiger partial charge is 0.0830 e. The molecule has 0 aliphatic carbocycles. The van der Waals surface area contributed by atoms with E-state index in [0.29, 0.717) is 0 Å². The summed E-state index contributed by atoms with van der Waals surface area (Å²) < 4.78 is 0.933. The maximum atomic E-state index is 13.2. The Morgan fingerprint density at radius 3 is 2.15 bits per heavy atom. The lowest BCUT2D eigenvalue weighted by Crippen LogP contribution is -2.52. The molecule has 0 spiro atoms. The molecule has 5 heteroatoms. The van der Waals surface area contributed by atoms with Crippen molar-refractivity contribution in [2.24, 2.45) is 5.92 Å². The van der Waals surface area contributed by atoms with Crippen LogP contribution in [-0.2, 0) is 5.41 Å². The lowest BCUT2D eigenvalue weighted by Gasteiger charge is -2.43. The summed E-state index contributed by atoms with van der Waals surface area (Å²) in [6.45, 7) is 2.97. The third kappa shape index (κ3) is 4.98. The minimum Gasteiger partial charge on any atom is -0.861 e. The molecule has 172 valence electrons. The largest absolute Gasteiger partial charge is 0.861 e. The molecule has 33 heavy (non-hydrogen) atoms. The normalized spacial score (nSPS) is 20.6. The number of rotatable bonds is 9. The van der Waals surface area contributed by atoms with E-state index in [1.54, 1.807) is 0 Å². The Labute approximate surface area is 206 Å². The number of quaternary nitrogens is 1. The summed E-state index contributed by atoms with van der Waals surface area (Å²) in [7, 11) is 2.30. The summed E-state index contributed by atoms with van der Waals surface area (Å²) >= 11 is 8.11. The van der Waals surface area contributed by atoms with E-state index < -0.39 is 11.3 Å². The number of nitrogens with one attached hydrogen (secondary N) is 1. The lowest BCUT2D eigenvalue weighted by atomic mass is 9.65. The minimum absolute atomic E-state index is 0.0912. The fraction of sp³-hybridized carbons (Fsp3) is 0.321. The van der Waals surface area contributed by atoms with Gasteiger partial charge in [-0.2, -0.15) is 0 Å². The molecule has 0 bridgehead atoms. The van der Waals surface area contributed by atoms with Crippen molar-refractivity contribution in [3.63, 3.8) is 0 Å². The van der Waals surface area contributed by atoms with E-state index in [9.17, 15) is 5.11 Å². The van der Waals surface area contributed by atoms with E-state index >= 15 is 0 Å². The molecule has 1 N–H and O–H groups in total. The Morgan fingerprint density at radius 2 is 1.58 bits per heavy atom. The lowest BCUT2D eigenvalue weighted by molar-refractivity contribution is -0.899. The Kier molecular flexibility index (Phi) is 7.48. The highest BCUT2D eigenvalue weighted by atomic mass is 35.5. The highest BCUT2D eigenvalue weighted by Gasteiger charge is 2.49. The quantitative estimate of drug-likeness (QED) is 0.143. The van der Waals surface area contributed by atoms with Crippen LogP contribution >= 0.6 is 23.4 Å². The van der Waals surface area contributed by atoms with Crippen molar-refractivity contribution >= 4 is 29.3 Å². The zero-order chi connectivity index (χ0) is 23.3. The predicted molar refractivity (Wildman–Crippen MR) is 137 cm³/mol. The van der Waals surface area contributed by atoms with E-state index in [2.05, 4.69) is 13.1 Å². The molecule has 1 saturated heterocycles. The van der Waals surface area contributed by atoms with Gasteiger partial charge in [0.25, 0.3) is 0 Å². The average Bonchev–Trinajstić information content (AvgIpc) is 3.22. The molecule has 1 fully saturated rings. The van der Waals surface area contributed by atoms with Crippen molar-refractivity contribution in [2.75, 3.05) is 32.4 Å². The molecule has 1 heterocycles. The number of hydrogen-bond acceptors (Lipinski definition) is 3. The molecule has 1 aliphatic rings. The summed E-state index contributed by atoms with van der Waals surface area (Å²) in [6.07, 6.45) is 2.01. The fourth-order valence-corrected chi connectivity index (χ4v) is 6.59. The first kappa shape index (κ1) is 23.9. The molecule has 1 unspecified atom stereocenters. The number of hydrogen-bond donors (Lipinski definition) is 1. The van der Waals surface area contributed by atoms with E-state index in [1.165, 1.54) is 0 Å². The van der Waals surface area contributed by atoms with Crippen LogP contribution in [0.5, 0.6) is 0 Å². The zero-order valence-electron chi connectivity index (χ0n) is 19.0. The van der Waals surface area contributed by atoms with Gasteiger partial charge in [0.1, 0.15) is 0 Å². The van der Waals surface area contributed by atoms with E-state index in [1.807, 2.05) is 90.6 Å². The molecule has 1 aliphatic heterocycles. The molecule has 0 amide bonds. The Balaban J connectivity index is 1.53. The van der Waals surface area contributed by atoms with Gasteiger partial charge in [-0.15, -0.1) is 11.8 Å². The second-order valence-corrected chi connectivity index (χ2v) is 10.8. The van der Waals surface area contributed by atoms with Gasteiger partial charge >= 0.3 is 0 Å². The third-order valence-corrected chi connectivity index (χ3v) is 8.65. The summed E-state index contributed by atoms with van der Waals surface area (Å²) in [5.74, 6) is 0.600. The zero-order valence-corrected chi connectivity index (χ0v) is 20.6. The predicted octanol–water partition coefficient (Wildman–Crippen LogP) is 5.61. The van der Waals surface area contributed by atoms with Crippen LogP contribution in [0, 0.1) is 11.3 Å². The van der Waals surface area contributed by atoms with Gasteiger partial charge in [0.05, 0.1) is 37.1 Å². The van der Waals surface area contributed by atoms with Crippen LogP contribution < -0.4 is 5.11 Å². The summed E-state index contributed by atoms with van der Waals surface area (Å²) in [6, 6.07) is 27.9. The van der Waals surface area contributed by atoms with Crippen LogP contribution in [0.15, 0.2) is 89.8 Å². The highest BCUT2D eigenvalue weighted by molar-refractivity contribution is 7.99. The van der Waals surface area contributed by atoms with Crippen molar-refractivity contribution in [1.29, 1.82) is 5.41 Å². The van der Waals surface area contributed by atoms with Crippen molar-refractivity contribution in [3.05, 3.63) is 101 Å². The molecule has 2 atom stereocenters. The van der Waals surface area contributed by atoms with Crippen molar-refractivity contribution in [2.45, 2.75) is 23.2 Å². The van der Waals surface area contributed by atoms with Crippen LogP contribution in [0.3, 0.4) is 0 Å². The molecule has 3 aromatic carbocycles. The van der Waals surface area contributed by atoms with Crippen LogP contribution in [-0.4, -0.2) is 42.8 Å². The molecule has 0 radical (unpaired) electrons. The molecule has 4 rings (SSSR count). The summed E-state index contributed by atoms with van der Waals surface area (Å²) in [5.41, 5.74) is 0.943. The van der Waals surface area contributed by atoms with Crippen molar-refractivity contribution in [1.82, 2.24) is 0 Å². The standard InChI is InChI=1S/C28H31ClN2OS/c1-31(18-10-20-33-26-16-9-8-15-25(26)29)19-17-24(21-31)28(27(30)32,22-11-4-2-5-12-22)23-13-6-3-7-14-23/h2-9,11-16,24H,10,17-21H2,1H3,(H-,30,32)/t24-,31?/m1/s1. The Bertz CT molecular complexity index is 1040. The fourth-order valence-electron chi connectivity index (χ4n) is 5.42. The third-order valence-electron chi connectivity index (χ3n) is 7.04. The first-order chi connectivity index (χ1) is 16.0. The molecule has 3 nitrogen and oxygen atoms in total. The maximum absolute atomic E-state index is 13.2.